The van der Waals surface area contributed by atoms with Gasteiger partial charge in [-0.05, 0) is 37.7 Å². The molecule has 2 aromatic rings. The third-order valence-electron chi connectivity index (χ3n) is 7.02. The summed E-state index contributed by atoms with van der Waals surface area (Å²) in [7, 11) is 0. The maximum Gasteiger partial charge on any atom is 0.224 e. The van der Waals surface area contributed by atoms with Crippen LogP contribution in [-0.4, -0.2) is 64.4 Å². The first-order valence-electron chi connectivity index (χ1n) is 11.8. The van der Waals surface area contributed by atoms with E-state index in [4.69, 9.17) is 9.72 Å². The highest BCUT2D eigenvalue weighted by molar-refractivity contribution is 5.79. The number of piperidine rings is 2. The van der Waals surface area contributed by atoms with E-state index in [1.165, 1.54) is 0 Å². The van der Waals surface area contributed by atoms with Gasteiger partial charge in [-0.15, -0.1) is 0 Å². The van der Waals surface area contributed by atoms with Crippen molar-refractivity contribution in [1.82, 2.24) is 19.8 Å². The molecule has 2 fully saturated rings. The molecule has 1 aromatic carbocycles. The van der Waals surface area contributed by atoms with E-state index < -0.39 is 5.60 Å². The van der Waals surface area contributed by atoms with Crippen molar-refractivity contribution in [2.45, 2.75) is 50.5 Å². The summed E-state index contributed by atoms with van der Waals surface area (Å²) < 4.78 is 6.34. The molecule has 0 bridgehead atoms. The Bertz CT molecular complexity index is 986. The topological polar surface area (TPSA) is 75.6 Å². The fraction of sp³-hybridized carbons (Fsp3) is 0.520. The molecule has 4 heterocycles. The number of nitrogens with zero attached hydrogens (tertiary/aromatic N) is 4. The minimum Gasteiger partial charge on any atom is -0.368 e. The Morgan fingerprint density at radius 1 is 1.06 bits per heavy atom. The maximum absolute atomic E-state index is 12.8. The molecule has 0 radical (unpaired) electrons. The number of ether oxygens (including phenoxy) is 1. The van der Waals surface area contributed by atoms with Crippen LogP contribution in [0.4, 0.5) is 0 Å². The Balaban J connectivity index is 1.26. The van der Waals surface area contributed by atoms with Crippen LogP contribution in [0.2, 0.25) is 0 Å². The molecule has 5 rings (SSSR count). The van der Waals surface area contributed by atoms with E-state index in [0.717, 1.165) is 61.3 Å². The van der Waals surface area contributed by atoms with Gasteiger partial charge in [0.15, 0.2) is 5.82 Å². The minimum atomic E-state index is -0.445. The Morgan fingerprint density at radius 3 is 2.66 bits per heavy atom. The third-order valence-corrected chi connectivity index (χ3v) is 7.02. The highest BCUT2D eigenvalue weighted by atomic mass is 16.5. The Labute approximate surface area is 188 Å². The van der Waals surface area contributed by atoms with E-state index in [9.17, 15) is 9.59 Å². The lowest BCUT2D eigenvalue weighted by Crippen LogP contribution is -2.49. The van der Waals surface area contributed by atoms with Crippen molar-refractivity contribution in [1.29, 1.82) is 0 Å². The van der Waals surface area contributed by atoms with Gasteiger partial charge in [0, 0.05) is 50.8 Å². The van der Waals surface area contributed by atoms with Crippen LogP contribution in [0.1, 0.15) is 49.8 Å². The van der Waals surface area contributed by atoms with Crippen molar-refractivity contribution >= 4 is 11.8 Å². The molecule has 1 spiro atoms. The molecule has 2 saturated heterocycles. The fourth-order valence-electron chi connectivity index (χ4n) is 5.12. The maximum atomic E-state index is 12.8. The number of carbonyl (C=O) groups is 2. The summed E-state index contributed by atoms with van der Waals surface area (Å²) >= 11 is 0. The molecule has 3 aliphatic heterocycles. The molecule has 7 nitrogen and oxygen atoms in total. The number of rotatable bonds is 4. The molecule has 2 amide bonds. The summed E-state index contributed by atoms with van der Waals surface area (Å²) in [6, 6.07) is 10.0. The highest BCUT2D eigenvalue weighted by Gasteiger charge is 2.43. The molecule has 0 saturated carbocycles. The zero-order valence-corrected chi connectivity index (χ0v) is 18.5. The predicted octanol–water partition coefficient (Wildman–Crippen LogP) is 2.94. The van der Waals surface area contributed by atoms with Gasteiger partial charge in [0.25, 0.3) is 0 Å². The van der Waals surface area contributed by atoms with Crippen molar-refractivity contribution in [3.8, 4) is 11.4 Å². The van der Waals surface area contributed by atoms with E-state index >= 15 is 0 Å². The molecule has 0 N–H and O–H groups in total. The fourth-order valence-corrected chi connectivity index (χ4v) is 5.12. The summed E-state index contributed by atoms with van der Waals surface area (Å²) in [6.07, 6.45) is 7.25. The van der Waals surface area contributed by atoms with E-state index in [2.05, 4.69) is 4.98 Å². The standard InChI is InChI=1S/C25H30N4O3/c30-21-8-4-5-13-28(21)14-9-22(31)29-15-11-25(12-16-29)23-20(10-17-32-25)18-26-24(27-23)19-6-2-1-3-7-19/h1-3,6-7,18H,4-5,8-17H2. The lowest BCUT2D eigenvalue weighted by Gasteiger charge is -2.44. The lowest BCUT2D eigenvalue weighted by molar-refractivity contribution is -0.142. The Morgan fingerprint density at radius 2 is 1.88 bits per heavy atom. The van der Waals surface area contributed by atoms with Crippen molar-refractivity contribution in [3.05, 3.63) is 47.8 Å². The Hall–Kier alpha value is -2.80. The van der Waals surface area contributed by atoms with Gasteiger partial charge in [-0.3, -0.25) is 9.59 Å². The number of hydrogen-bond donors (Lipinski definition) is 0. The van der Waals surface area contributed by atoms with E-state index in [1.54, 1.807) is 0 Å². The van der Waals surface area contributed by atoms with Crippen LogP contribution < -0.4 is 0 Å². The normalized spacial score (nSPS) is 20.3. The van der Waals surface area contributed by atoms with E-state index in [1.807, 2.05) is 46.3 Å². The van der Waals surface area contributed by atoms with E-state index in [0.29, 0.717) is 39.1 Å². The van der Waals surface area contributed by atoms with Crippen LogP contribution >= 0.6 is 0 Å². The van der Waals surface area contributed by atoms with Gasteiger partial charge >= 0.3 is 0 Å². The number of amides is 2. The highest BCUT2D eigenvalue weighted by Crippen LogP contribution is 2.41. The number of likely N-dealkylation sites (tertiary alicyclic amines) is 2. The molecular weight excluding hydrogens is 404 g/mol. The molecule has 1 aromatic heterocycles. The van der Waals surface area contributed by atoms with Crippen molar-refractivity contribution in [3.63, 3.8) is 0 Å². The Kier molecular flexibility index (Phi) is 5.91. The SMILES string of the molecule is O=C1CCCCN1CCC(=O)N1CCC2(CC1)OCCc1cnc(-c3ccccc3)nc12. The smallest absolute Gasteiger partial charge is 0.224 e. The monoisotopic (exact) mass is 434 g/mol. The molecular formula is C25H30N4O3. The zero-order chi connectivity index (χ0) is 22.0. The summed E-state index contributed by atoms with van der Waals surface area (Å²) in [6.45, 7) is 3.27. The first-order chi connectivity index (χ1) is 15.6. The number of fused-ring (bicyclic) bond motifs is 2. The van der Waals surface area contributed by atoms with Gasteiger partial charge in [0.1, 0.15) is 5.60 Å². The van der Waals surface area contributed by atoms with Gasteiger partial charge in [0.05, 0.1) is 12.3 Å². The number of hydrogen-bond acceptors (Lipinski definition) is 5. The van der Waals surface area contributed by atoms with Gasteiger partial charge in [0.2, 0.25) is 11.8 Å². The van der Waals surface area contributed by atoms with Crippen LogP contribution in [0.15, 0.2) is 36.5 Å². The summed E-state index contributed by atoms with van der Waals surface area (Å²) in [5.74, 6) is 1.03. The quantitative estimate of drug-likeness (QED) is 0.740. The van der Waals surface area contributed by atoms with Crippen LogP contribution in [0.25, 0.3) is 11.4 Å². The first kappa shape index (κ1) is 21.1. The summed E-state index contributed by atoms with van der Waals surface area (Å²) in [4.78, 5) is 38.1. The first-order valence-corrected chi connectivity index (χ1v) is 11.8. The van der Waals surface area contributed by atoms with Crippen LogP contribution in [0.3, 0.4) is 0 Å². The second-order valence-corrected chi connectivity index (χ2v) is 8.99. The lowest BCUT2D eigenvalue weighted by atomic mass is 9.83. The van der Waals surface area contributed by atoms with Gasteiger partial charge in [-0.2, -0.15) is 0 Å². The number of carbonyl (C=O) groups excluding carboxylic acids is 2. The van der Waals surface area contributed by atoms with E-state index in [-0.39, 0.29) is 11.8 Å². The molecule has 32 heavy (non-hydrogen) atoms. The zero-order valence-electron chi connectivity index (χ0n) is 18.5. The number of benzene rings is 1. The number of aromatic nitrogens is 2. The molecule has 0 aliphatic carbocycles. The second kappa shape index (κ2) is 8.98. The van der Waals surface area contributed by atoms with Crippen molar-refractivity contribution < 1.29 is 14.3 Å². The average molecular weight is 435 g/mol. The predicted molar refractivity (Wildman–Crippen MR) is 120 cm³/mol. The van der Waals surface area contributed by atoms with Crippen molar-refractivity contribution in [2.24, 2.45) is 0 Å². The summed E-state index contributed by atoms with van der Waals surface area (Å²) in [5, 5.41) is 0. The van der Waals surface area contributed by atoms with Crippen molar-refractivity contribution in [2.75, 3.05) is 32.8 Å². The molecule has 7 heteroatoms. The molecule has 168 valence electrons. The molecule has 0 unspecified atom stereocenters. The van der Waals surface area contributed by atoms with Gasteiger partial charge < -0.3 is 14.5 Å². The largest absolute Gasteiger partial charge is 0.368 e. The molecule has 0 atom stereocenters. The summed E-state index contributed by atoms with van der Waals surface area (Å²) in [5.41, 5.74) is 2.69. The van der Waals surface area contributed by atoms with Crippen LogP contribution in [0, 0.1) is 0 Å². The average Bonchev–Trinajstić information content (AvgIpc) is 2.84. The van der Waals surface area contributed by atoms with Crippen LogP contribution in [-0.2, 0) is 26.3 Å². The second-order valence-electron chi connectivity index (χ2n) is 8.99. The minimum absolute atomic E-state index is 0.127. The van der Waals surface area contributed by atoms with Crippen LogP contribution in [0.5, 0.6) is 0 Å². The van der Waals surface area contributed by atoms with Gasteiger partial charge in [-0.25, -0.2) is 9.97 Å². The van der Waals surface area contributed by atoms with Gasteiger partial charge in [-0.1, -0.05) is 30.3 Å². The molecule has 3 aliphatic rings. The third kappa shape index (κ3) is 4.13.